The van der Waals surface area contributed by atoms with E-state index < -0.39 is 0 Å². The van der Waals surface area contributed by atoms with Gasteiger partial charge in [-0.15, -0.1) is 10.2 Å². The summed E-state index contributed by atoms with van der Waals surface area (Å²) >= 11 is 0. The molecule has 0 radical (unpaired) electrons. The van der Waals surface area contributed by atoms with Gasteiger partial charge in [-0.3, -0.25) is 4.90 Å². The molecule has 6 heteroatoms. The molecule has 0 aliphatic carbocycles. The van der Waals surface area contributed by atoms with E-state index in [1.54, 1.807) is 13.4 Å². The minimum Gasteiger partial charge on any atom is -0.383 e. The van der Waals surface area contributed by atoms with Crippen molar-refractivity contribution in [2.75, 3.05) is 26.8 Å². The van der Waals surface area contributed by atoms with Crippen molar-refractivity contribution in [2.24, 2.45) is 5.73 Å². The molecule has 1 aliphatic heterocycles. The second kappa shape index (κ2) is 4.48. The molecule has 1 unspecified atom stereocenters. The Morgan fingerprint density at radius 3 is 3.06 bits per heavy atom. The van der Waals surface area contributed by atoms with Crippen LogP contribution >= 0.6 is 0 Å². The van der Waals surface area contributed by atoms with E-state index in [9.17, 15) is 0 Å². The first-order chi connectivity index (χ1) is 7.69. The first kappa shape index (κ1) is 11.5. The Labute approximate surface area is 95.4 Å². The number of nitrogens with zero attached hydrogens (tertiary/aromatic N) is 4. The number of ether oxygens (including phenoxy) is 1. The second-order valence-electron chi connectivity index (χ2n) is 4.50. The van der Waals surface area contributed by atoms with Crippen LogP contribution in [-0.4, -0.2) is 52.0 Å². The van der Waals surface area contributed by atoms with Gasteiger partial charge in [0.15, 0.2) is 0 Å². The fraction of sp³-hybridized carbons (Fsp3) is 0.800. The van der Waals surface area contributed by atoms with Crippen molar-refractivity contribution in [3.63, 3.8) is 0 Å². The molecule has 0 fully saturated rings. The van der Waals surface area contributed by atoms with Gasteiger partial charge in [0.1, 0.15) is 12.2 Å². The van der Waals surface area contributed by atoms with Crippen LogP contribution in [0.4, 0.5) is 0 Å². The van der Waals surface area contributed by atoms with Gasteiger partial charge in [0.05, 0.1) is 18.7 Å². The van der Waals surface area contributed by atoms with Crippen LogP contribution in [0.5, 0.6) is 0 Å². The van der Waals surface area contributed by atoms with Gasteiger partial charge in [-0.05, 0) is 6.92 Å². The SMILES string of the molecule is COCC(C)(CN)N1CCn2cnnc2C1. The van der Waals surface area contributed by atoms with Crippen molar-refractivity contribution in [3.05, 3.63) is 12.2 Å². The third kappa shape index (κ3) is 1.95. The maximum absolute atomic E-state index is 5.85. The standard InChI is InChI=1S/C10H19N5O/c1-10(6-11,7-16-2)15-4-3-14-8-12-13-9(14)5-15/h8H,3-7,11H2,1-2H3. The van der Waals surface area contributed by atoms with Crippen molar-refractivity contribution >= 4 is 0 Å². The maximum Gasteiger partial charge on any atom is 0.147 e. The lowest BCUT2D eigenvalue weighted by molar-refractivity contribution is 0.00951. The molecule has 1 aromatic heterocycles. The summed E-state index contributed by atoms with van der Waals surface area (Å²) in [6, 6.07) is 0. The van der Waals surface area contributed by atoms with Gasteiger partial charge in [0.2, 0.25) is 0 Å². The Bertz CT molecular complexity index is 353. The van der Waals surface area contributed by atoms with E-state index in [4.69, 9.17) is 10.5 Å². The van der Waals surface area contributed by atoms with Gasteiger partial charge < -0.3 is 15.0 Å². The van der Waals surface area contributed by atoms with Crippen molar-refractivity contribution in [3.8, 4) is 0 Å². The summed E-state index contributed by atoms with van der Waals surface area (Å²) < 4.78 is 7.34. The number of hydrogen-bond acceptors (Lipinski definition) is 5. The van der Waals surface area contributed by atoms with Crippen LogP contribution in [-0.2, 0) is 17.8 Å². The molecule has 1 aromatic rings. The average Bonchev–Trinajstić information content (AvgIpc) is 2.76. The Kier molecular flexibility index (Phi) is 3.22. The molecule has 0 aromatic carbocycles. The zero-order valence-corrected chi connectivity index (χ0v) is 9.89. The molecule has 1 atom stereocenters. The molecule has 0 saturated heterocycles. The molecular formula is C10H19N5O. The highest BCUT2D eigenvalue weighted by Crippen LogP contribution is 2.20. The van der Waals surface area contributed by atoms with Crippen LogP contribution < -0.4 is 5.73 Å². The fourth-order valence-electron chi connectivity index (χ4n) is 2.12. The van der Waals surface area contributed by atoms with E-state index >= 15 is 0 Å². The summed E-state index contributed by atoms with van der Waals surface area (Å²) in [6.45, 7) is 6.01. The predicted molar refractivity (Wildman–Crippen MR) is 59.8 cm³/mol. The molecule has 2 heterocycles. The van der Waals surface area contributed by atoms with Crippen molar-refractivity contribution in [1.82, 2.24) is 19.7 Å². The average molecular weight is 225 g/mol. The lowest BCUT2D eigenvalue weighted by atomic mass is 10.0. The van der Waals surface area contributed by atoms with E-state index in [0.717, 1.165) is 25.5 Å². The van der Waals surface area contributed by atoms with Gasteiger partial charge in [-0.1, -0.05) is 0 Å². The Morgan fingerprint density at radius 1 is 1.56 bits per heavy atom. The Balaban J connectivity index is 2.12. The highest BCUT2D eigenvalue weighted by Gasteiger charge is 2.33. The zero-order valence-electron chi connectivity index (χ0n) is 9.89. The maximum atomic E-state index is 5.85. The van der Waals surface area contributed by atoms with E-state index in [2.05, 4.69) is 26.6 Å². The summed E-state index contributed by atoms with van der Waals surface area (Å²) in [7, 11) is 1.71. The third-order valence-corrected chi connectivity index (χ3v) is 3.30. The Hall–Kier alpha value is -0.980. The number of methoxy groups -OCH3 is 1. The van der Waals surface area contributed by atoms with E-state index in [1.807, 2.05) is 0 Å². The van der Waals surface area contributed by atoms with Crippen molar-refractivity contribution in [2.45, 2.75) is 25.6 Å². The predicted octanol–water partition coefficient (Wildman–Crippen LogP) is -0.542. The first-order valence-electron chi connectivity index (χ1n) is 5.50. The second-order valence-corrected chi connectivity index (χ2v) is 4.50. The molecule has 0 amide bonds. The number of hydrogen-bond donors (Lipinski definition) is 1. The van der Waals surface area contributed by atoms with Crippen molar-refractivity contribution in [1.29, 1.82) is 0 Å². The van der Waals surface area contributed by atoms with Crippen molar-refractivity contribution < 1.29 is 4.74 Å². The topological polar surface area (TPSA) is 69.2 Å². The minimum absolute atomic E-state index is 0.119. The smallest absolute Gasteiger partial charge is 0.147 e. The van der Waals surface area contributed by atoms with Crippen LogP contribution in [0.3, 0.4) is 0 Å². The largest absolute Gasteiger partial charge is 0.383 e. The monoisotopic (exact) mass is 225 g/mol. The van der Waals surface area contributed by atoms with Gasteiger partial charge in [0.25, 0.3) is 0 Å². The lowest BCUT2D eigenvalue weighted by Gasteiger charge is -2.41. The normalized spacial score (nSPS) is 20.4. The quantitative estimate of drug-likeness (QED) is 0.745. The van der Waals surface area contributed by atoms with E-state index in [1.165, 1.54) is 0 Å². The van der Waals surface area contributed by atoms with Gasteiger partial charge in [0, 0.05) is 26.7 Å². The molecule has 1 aliphatic rings. The summed E-state index contributed by atoms with van der Waals surface area (Å²) in [5.74, 6) is 1.00. The number of aromatic nitrogens is 3. The van der Waals surface area contributed by atoms with Gasteiger partial charge in [-0.25, -0.2) is 0 Å². The molecule has 16 heavy (non-hydrogen) atoms. The molecule has 2 N–H and O–H groups in total. The van der Waals surface area contributed by atoms with Crippen LogP contribution in [0.15, 0.2) is 6.33 Å². The summed E-state index contributed by atoms with van der Waals surface area (Å²) in [5, 5.41) is 8.02. The summed E-state index contributed by atoms with van der Waals surface area (Å²) in [6.07, 6.45) is 1.78. The van der Waals surface area contributed by atoms with Gasteiger partial charge >= 0.3 is 0 Å². The molecule has 0 spiro atoms. The lowest BCUT2D eigenvalue weighted by Crippen LogP contribution is -2.56. The molecule has 2 rings (SSSR count). The molecule has 0 saturated carbocycles. The minimum atomic E-state index is -0.119. The third-order valence-electron chi connectivity index (χ3n) is 3.30. The molecule has 90 valence electrons. The van der Waals surface area contributed by atoms with Crippen LogP contribution in [0.1, 0.15) is 12.7 Å². The number of fused-ring (bicyclic) bond motifs is 1. The highest BCUT2D eigenvalue weighted by atomic mass is 16.5. The number of nitrogens with two attached hydrogens (primary N) is 1. The Morgan fingerprint density at radius 2 is 2.38 bits per heavy atom. The van der Waals surface area contributed by atoms with Crippen LogP contribution in [0, 0.1) is 0 Å². The first-order valence-corrected chi connectivity index (χ1v) is 5.50. The van der Waals surface area contributed by atoms with Crippen LogP contribution in [0.2, 0.25) is 0 Å². The molecule has 0 bridgehead atoms. The van der Waals surface area contributed by atoms with Gasteiger partial charge in [-0.2, -0.15) is 0 Å². The molecule has 6 nitrogen and oxygen atoms in total. The fourth-order valence-corrected chi connectivity index (χ4v) is 2.12. The van der Waals surface area contributed by atoms with Crippen LogP contribution in [0.25, 0.3) is 0 Å². The van der Waals surface area contributed by atoms with E-state index in [-0.39, 0.29) is 5.54 Å². The summed E-state index contributed by atoms with van der Waals surface area (Å²) in [5.41, 5.74) is 5.74. The highest BCUT2D eigenvalue weighted by molar-refractivity contribution is 4.96. The zero-order chi connectivity index (χ0) is 11.6. The van der Waals surface area contributed by atoms with E-state index in [0.29, 0.717) is 13.2 Å². The number of rotatable bonds is 4. The molecular weight excluding hydrogens is 206 g/mol. The summed E-state index contributed by atoms with van der Waals surface area (Å²) in [4.78, 5) is 2.32.